The molecule has 4 aliphatic carbocycles. The molecule has 1 atom stereocenters. The molecule has 17 heavy (non-hydrogen) atoms. The molecule has 0 amide bonds. The van der Waals surface area contributed by atoms with E-state index >= 15 is 0 Å². The van der Waals surface area contributed by atoms with Crippen molar-refractivity contribution in [3.05, 3.63) is 0 Å². The van der Waals surface area contributed by atoms with E-state index in [4.69, 9.17) is 10.5 Å². The first-order chi connectivity index (χ1) is 8.11. The fourth-order valence-electron chi connectivity index (χ4n) is 5.19. The normalized spacial score (nSPS) is 46.5. The van der Waals surface area contributed by atoms with Crippen LogP contribution in [0.25, 0.3) is 0 Å². The SMILES string of the molecule is COCC(N)(C#N)C12CC3CC(CC(C3)C1)C2. The molecular weight excluding hydrogens is 212 g/mol. The van der Waals surface area contributed by atoms with Crippen LogP contribution in [0.1, 0.15) is 38.5 Å². The van der Waals surface area contributed by atoms with Crippen LogP contribution in [0.3, 0.4) is 0 Å². The molecule has 0 radical (unpaired) electrons. The van der Waals surface area contributed by atoms with Gasteiger partial charge in [-0.15, -0.1) is 0 Å². The zero-order chi connectivity index (χ0) is 12.1. The van der Waals surface area contributed by atoms with E-state index in [1.54, 1.807) is 7.11 Å². The Labute approximate surface area is 103 Å². The second-order valence-corrected chi connectivity index (χ2v) is 6.71. The van der Waals surface area contributed by atoms with E-state index in [9.17, 15) is 5.26 Å². The highest BCUT2D eigenvalue weighted by Crippen LogP contribution is 2.63. The molecule has 4 saturated carbocycles. The molecule has 4 rings (SSSR count). The van der Waals surface area contributed by atoms with Crippen molar-refractivity contribution in [1.82, 2.24) is 0 Å². The van der Waals surface area contributed by atoms with Crippen molar-refractivity contribution in [3.8, 4) is 6.07 Å². The fraction of sp³-hybridized carbons (Fsp3) is 0.929. The molecule has 1 unspecified atom stereocenters. The topological polar surface area (TPSA) is 59.0 Å². The number of nitriles is 1. The van der Waals surface area contributed by atoms with Crippen LogP contribution in [0.5, 0.6) is 0 Å². The predicted octanol–water partition coefficient (Wildman–Crippen LogP) is 2.07. The molecular formula is C14H22N2O. The van der Waals surface area contributed by atoms with Gasteiger partial charge in [-0.2, -0.15) is 5.26 Å². The van der Waals surface area contributed by atoms with Gasteiger partial charge in [-0.05, 0) is 56.3 Å². The Morgan fingerprint density at radius 2 is 1.71 bits per heavy atom. The summed E-state index contributed by atoms with van der Waals surface area (Å²) in [5.41, 5.74) is 5.70. The van der Waals surface area contributed by atoms with Gasteiger partial charge in [-0.25, -0.2) is 0 Å². The average Bonchev–Trinajstić information content (AvgIpc) is 2.27. The van der Waals surface area contributed by atoms with Gasteiger partial charge in [-0.1, -0.05) is 0 Å². The van der Waals surface area contributed by atoms with Crippen molar-refractivity contribution < 1.29 is 4.74 Å². The second kappa shape index (κ2) is 3.70. The molecule has 4 bridgehead atoms. The predicted molar refractivity (Wildman–Crippen MR) is 65.0 cm³/mol. The Hall–Kier alpha value is -0.590. The highest BCUT2D eigenvalue weighted by molar-refractivity contribution is 5.20. The number of hydrogen-bond donors (Lipinski definition) is 1. The quantitative estimate of drug-likeness (QED) is 0.813. The Bertz CT molecular complexity index is 324. The number of rotatable bonds is 3. The van der Waals surface area contributed by atoms with Gasteiger partial charge in [0.15, 0.2) is 0 Å². The van der Waals surface area contributed by atoms with Crippen LogP contribution in [0.2, 0.25) is 0 Å². The van der Waals surface area contributed by atoms with Gasteiger partial charge in [0, 0.05) is 12.5 Å². The van der Waals surface area contributed by atoms with E-state index in [-0.39, 0.29) is 5.41 Å². The Morgan fingerprint density at radius 1 is 1.24 bits per heavy atom. The summed E-state index contributed by atoms with van der Waals surface area (Å²) in [4.78, 5) is 0. The molecule has 4 fully saturated rings. The van der Waals surface area contributed by atoms with Gasteiger partial charge >= 0.3 is 0 Å². The zero-order valence-corrected chi connectivity index (χ0v) is 10.6. The molecule has 4 aliphatic rings. The van der Waals surface area contributed by atoms with Gasteiger partial charge in [0.05, 0.1) is 12.7 Å². The fourth-order valence-corrected chi connectivity index (χ4v) is 5.19. The van der Waals surface area contributed by atoms with E-state index < -0.39 is 5.54 Å². The molecule has 3 heteroatoms. The van der Waals surface area contributed by atoms with Crippen LogP contribution in [0.4, 0.5) is 0 Å². The largest absolute Gasteiger partial charge is 0.382 e. The number of ether oxygens (including phenoxy) is 1. The van der Waals surface area contributed by atoms with Crippen molar-refractivity contribution in [2.45, 2.75) is 44.1 Å². The van der Waals surface area contributed by atoms with E-state index in [2.05, 4.69) is 6.07 Å². The Morgan fingerprint density at radius 3 is 2.06 bits per heavy atom. The van der Waals surface area contributed by atoms with Crippen molar-refractivity contribution in [3.63, 3.8) is 0 Å². The standard InChI is InChI=1S/C14H22N2O/c1-17-9-14(16,8-15)13-5-10-2-11(6-13)4-12(3-10)7-13/h10-12H,2-7,9,16H2,1H3. The monoisotopic (exact) mass is 234 g/mol. The van der Waals surface area contributed by atoms with E-state index in [0.717, 1.165) is 37.0 Å². The molecule has 0 heterocycles. The maximum Gasteiger partial charge on any atom is 0.133 e. The maximum absolute atomic E-state index is 9.52. The van der Waals surface area contributed by atoms with Crippen LogP contribution in [0.15, 0.2) is 0 Å². The minimum Gasteiger partial charge on any atom is -0.382 e. The van der Waals surface area contributed by atoms with E-state index in [1.807, 2.05) is 0 Å². The summed E-state index contributed by atoms with van der Waals surface area (Å²) in [5.74, 6) is 2.48. The first-order valence-electron chi connectivity index (χ1n) is 6.80. The lowest BCUT2D eigenvalue weighted by molar-refractivity contribution is -0.0968. The summed E-state index contributed by atoms with van der Waals surface area (Å²) < 4.78 is 5.24. The summed E-state index contributed by atoms with van der Waals surface area (Å²) in [6.45, 7) is 0.385. The van der Waals surface area contributed by atoms with Crippen LogP contribution < -0.4 is 5.73 Å². The zero-order valence-electron chi connectivity index (χ0n) is 10.6. The first-order valence-corrected chi connectivity index (χ1v) is 6.80. The summed E-state index contributed by atoms with van der Waals surface area (Å²) in [6.07, 6.45) is 7.63. The number of nitrogens with two attached hydrogens (primary N) is 1. The van der Waals surface area contributed by atoms with Crippen LogP contribution in [-0.4, -0.2) is 19.3 Å². The highest BCUT2D eigenvalue weighted by Gasteiger charge is 2.59. The minimum atomic E-state index is -0.766. The average molecular weight is 234 g/mol. The first kappa shape index (κ1) is 11.5. The third-order valence-corrected chi connectivity index (χ3v) is 5.56. The van der Waals surface area contributed by atoms with Crippen LogP contribution in [0, 0.1) is 34.5 Å². The molecule has 3 nitrogen and oxygen atoms in total. The van der Waals surface area contributed by atoms with Crippen molar-refractivity contribution in [2.75, 3.05) is 13.7 Å². The van der Waals surface area contributed by atoms with Gasteiger partial charge < -0.3 is 10.5 Å². The van der Waals surface area contributed by atoms with Gasteiger partial charge in [-0.3, -0.25) is 0 Å². The van der Waals surface area contributed by atoms with Crippen molar-refractivity contribution >= 4 is 0 Å². The van der Waals surface area contributed by atoms with Crippen LogP contribution >= 0.6 is 0 Å². The summed E-state index contributed by atoms with van der Waals surface area (Å²) in [6, 6.07) is 2.39. The van der Waals surface area contributed by atoms with Gasteiger partial charge in [0.1, 0.15) is 5.54 Å². The third kappa shape index (κ3) is 1.54. The highest BCUT2D eigenvalue weighted by atomic mass is 16.5. The van der Waals surface area contributed by atoms with Crippen LogP contribution in [-0.2, 0) is 4.74 Å². The molecule has 0 aromatic rings. The third-order valence-electron chi connectivity index (χ3n) is 5.56. The molecule has 0 spiro atoms. The van der Waals surface area contributed by atoms with Gasteiger partial charge in [0.25, 0.3) is 0 Å². The smallest absolute Gasteiger partial charge is 0.133 e. The molecule has 94 valence electrons. The van der Waals surface area contributed by atoms with Crippen molar-refractivity contribution in [1.29, 1.82) is 5.26 Å². The number of nitrogens with zero attached hydrogens (tertiary/aromatic N) is 1. The molecule has 2 N–H and O–H groups in total. The van der Waals surface area contributed by atoms with E-state index in [1.165, 1.54) is 19.3 Å². The maximum atomic E-state index is 9.52. The Balaban J connectivity index is 1.93. The molecule has 0 aromatic carbocycles. The minimum absolute atomic E-state index is 0.0481. The lowest BCUT2D eigenvalue weighted by Gasteiger charge is -2.60. The molecule has 0 aromatic heterocycles. The van der Waals surface area contributed by atoms with Gasteiger partial charge in [0.2, 0.25) is 0 Å². The van der Waals surface area contributed by atoms with E-state index in [0.29, 0.717) is 6.61 Å². The lowest BCUT2D eigenvalue weighted by atomic mass is 9.45. The second-order valence-electron chi connectivity index (χ2n) is 6.71. The number of hydrogen-bond acceptors (Lipinski definition) is 3. The molecule has 0 saturated heterocycles. The lowest BCUT2D eigenvalue weighted by Crippen LogP contribution is -2.64. The summed E-state index contributed by atoms with van der Waals surface area (Å²) >= 11 is 0. The number of methoxy groups -OCH3 is 1. The summed E-state index contributed by atoms with van der Waals surface area (Å²) in [7, 11) is 1.65. The molecule has 0 aliphatic heterocycles. The Kier molecular flexibility index (Phi) is 2.50. The van der Waals surface area contributed by atoms with Crippen molar-refractivity contribution in [2.24, 2.45) is 28.9 Å². The summed E-state index contributed by atoms with van der Waals surface area (Å²) in [5, 5.41) is 9.52.